The van der Waals surface area contributed by atoms with Crippen molar-refractivity contribution in [3.05, 3.63) is 48.8 Å². The molecule has 2 aromatic heterocycles. The summed E-state index contributed by atoms with van der Waals surface area (Å²) in [5.41, 5.74) is 2.58. The van der Waals surface area contributed by atoms with E-state index in [1.165, 1.54) is 0 Å². The fourth-order valence-corrected chi connectivity index (χ4v) is 2.54. The summed E-state index contributed by atoms with van der Waals surface area (Å²) in [6.45, 7) is 1.05. The third kappa shape index (κ3) is 4.69. The number of rotatable bonds is 5. The fraction of sp³-hybridized carbons (Fsp3) is 0.222. The second kappa shape index (κ2) is 7.56. The van der Waals surface area contributed by atoms with Crippen LogP contribution < -0.4 is 15.4 Å². The number of imidazole rings is 1. The van der Waals surface area contributed by atoms with Crippen molar-refractivity contribution in [2.45, 2.75) is 13.1 Å². The van der Waals surface area contributed by atoms with Gasteiger partial charge in [0, 0.05) is 23.5 Å². The largest absolute Gasteiger partial charge is 0.494 e. The summed E-state index contributed by atoms with van der Waals surface area (Å²) in [7, 11) is 0. The molecule has 0 spiro atoms. The quantitative estimate of drug-likeness (QED) is 0.703. The Morgan fingerprint density at radius 3 is 2.81 bits per heavy atom. The Morgan fingerprint density at radius 1 is 1.26 bits per heavy atom. The predicted molar refractivity (Wildman–Crippen MR) is 94.9 cm³/mol. The van der Waals surface area contributed by atoms with E-state index in [0.29, 0.717) is 23.7 Å². The highest BCUT2D eigenvalue weighted by molar-refractivity contribution is 5.90. The van der Waals surface area contributed by atoms with Gasteiger partial charge in [-0.05, 0) is 25.1 Å². The maximum atomic E-state index is 12.2. The van der Waals surface area contributed by atoms with Crippen molar-refractivity contribution in [2.24, 2.45) is 0 Å². The van der Waals surface area contributed by atoms with Crippen LogP contribution in [0, 0.1) is 0 Å². The van der Waals surface area contributed by atoms with Gasteiger partial charge >= 0.3 is 12.2 Å². The number of ether oxygens (including phenoxy) is 1. The summed E-state index contributed by atoms with van der Waals surface area (Å²) in [6, 6.07) is 9.46. The SMILES string of the molecule is CCOc1ccn2c(-c3cccc(NC(=O)NCC(F)(F)F)c3)cnc2c1. The third-order valence-corrected chi connectivity index (χ3v) is 3.66. The van der Waals surface area contributed by atoms with E-state index in [9.17, 15) is 18.0 Å². The van der Waals surface area contributed by atoms with Gasteiger partial charge in [0.2, 0.25) is 0 Å². The van der Waals surface area contributed by atoms with Crippen LogP contribution >= 0.6 is 0 Å². The number of pyridine rings is 1. The Labute approximate surface area is 153 Å². The number of carbonyl (C=O) groups is 1. The van der Waals surface area contributed by atoms with E-state index in [0.717, 1.165) is 11.3 Å². The Balaban J connectivity index is 1.79. The minimum atomic E-state index is -4.46. The number of carbonyl (C=O) groups excluding carboxylic acids is 1. The van der Waals surface area contributed by atoms with Crippen LogP contribution in [0.15, 0.2) is 48.8 Å². The van der Waals surface area contributed by atoms with Crippen molar-refractivity contribution < 1.29 is 22.7 Å². The summed E-state index contributed by atoms with van der Waals surface area (Å²) in [4.78, 5) is 16.0. The van der Waals surface area contributed by atoms with Crippen molar-refractivity contribution in [1.82, 2.24) is 14.7 Å². The molecular formula is C18H17F3N4O2. The number of amides is 2. The molecule has 0 radical (unpaired) electrons. The number of nitrogens with zero attached hydrogens (tertiary/aromatic N) is 2. The zero-order valence-electron chi connectivity index (χ0n) is 14.4. The molecular weight excluding hydrogens is 361 g/mol. The van der Waals surface area contributed by atoms with E-state index in [2.05, 4.69) is 10.3 Å². The minimum Gasteiger partial charge on any atom is -0.494 e. The molecule has 3 aromatic rings. The van der Waals surface area contributed by atoms with Gasteiger partial charge < -0.3 is 15.4 Å². The zero-order chi connectivity index (χ0) is 19.4. The topological polar surface area (TPSA) is 67.7 Å². The van der Waals surface area contributed by atoms with Gasteiger partial charge in [0.25, 0.3) is 0 Å². The number of urea groups is 1. The standard InChI is InChI=1S/C18H17F3N4O2/c1-2-27-14-6-7-25-15(10-22-16(25)9-14)12-4-3-5-13(8-12)24-17(26)23-11-18(19,20)21/h3-10H,2,11H2,1H3,(H2,23,24,26). The lowest BCUT2D eigenvalue weighted by molar-refractivity contribution is -0.122. The average Bonchev–Trinajstić information content (AvgIpc) is 3.03. The highest BCUT2D eigenvalue weighted by Gasteiger charge is 2.27. The molecule has 0 saturated carbocycles. The molecule has 142 valence electrons. The molecule has 0 aliphatic carbocycles. The molecule has 0 saturated heterocycles. The Kier molecular flexibility index (Phi) is 5.20. The molecule has 27 heavy (non-hydrogen) atoms. The Bertz CT molecular complexity index is 953. The molecule has 0 fully saturated rings. The normalized spacial score (nSPS) is 11.4. The molecule has 2 heterocycles. The fourth-order valence-electron chi connectivity index (χ4n) is 2.54. The first kappa shape index (κ1) is 18.6. The highest BCUT2D eigenvalue weighted by Crippen LogP contribution is 2.25. The smallest absolute Gasteiger partial charge is 0.405 e. The molecule has 2 amide bonds. The molecule has 6 nitrogen and oxygen atoms in total. The second-order valence-corrected chi connectivity index (χ2v) is 5.67. The lowest BCUT2D eigenvalue weighted by Gasteiger charge is -2.11. The summed E-state index contributed by atoms with van der Waals surface area (Å²) in [5.74, 6) is 0.707. The van der Waals surface area contributed by atoms with Crippen LogP contribution in [0.4, 0.5) is 23.7 Å². The van der Waals surface area contributed by atoms with Crippen molar-refractivity contribution in [3.8, 4) is 17.0 Å². The monoisotopic (exact) mass is 378 g/mol. The van der Waals surface area contributed by atoms with Gasteiger partial charge in [-0.2, -0.15) is 13.2 Å². The van der Waals surface area contributed by atoms with E-state index in [1.54, 1.807) is 35.8 Å². The predicted octanol–water partition coefficient (Wildman–Crippen LogP) is 4.08. The van der Waals surface area contributed by atoms with Gasteiger partial charge in [0.05, 0.1) is 18.5 Å². The first-order valence-electron chi connectivity index (χ1n) is 8.17. The van der Waals surface area contributed by atoms with E-state index in [4.69, 9.17) is 4.74 Å². The molecule has 0 aliphatic heterocycles. The number of hydrogen-bond donors (Lipinski definition) is 2. The first-order valence-corrected chi connectivity index (χ1v) is 8.17. The summed E-state index contributed by atoms with van der Waals surface area (Å²) < 4.78 is 43.8. The van der Waals surface area contributed by atoms with Crippen LogP contribution in [0.25, 0.3) is 16.9 Å². The summed E-state index contributed by atoms with van der Waals surface area (Å²) in [6.07, 6.45) is -0.970. The number of fused-ring (bicyclic) bond motifs is 1. The van der Waals surface area contributed by atoms with E-state index in [-0.39, 0.29) is 0 Å². The summed E-state index contributed by atoms with van der Waals surface area (Å²) in [5, 5.41) is 4.16. The molecule has 0 unspecified atom stereocenters. The number of nitrogens with one attached hydrogen (secondary N) is 2. The van der Waals surface area contributed by atoms with Gasteiger partial charge in [-0.15, -0.1) is 0 Å². The van der Waals surface area contributed by atoms with Gasteiger partial charge in [0.15, 0.2) is 0 Å². The number of alkyl halides is 3. The van der Waals surface area contributed by atoms with Crippen LogP contribution in [0.5, 0.6) is 5.75 Å². The van der Waals surface area contributed by atoms with Gasteiger partial charge in [0.1, 0.15) is 17.9 Å². The first-order chi connectivity index (χ1) is 12.9. The minimum absolute atomic E-state index is 0.369. The van der Waals surface area contributed by atoms with Crippen molar-refractivity contribution in [3.63, 3.8) is 0 Å². The van der Waals surface area contributed by atoms with Crippen LogP contribution in [0.3, 0.4) is 0 Å². The number of halogens is 3. The van der Waals surface area contributed by atoms with E-state index >= 15 is 0 Å². The highest BCUT2D eigenvalue weighted by atomic mass is 19.4. The number of anilines is 1. The van der Waals surface area contributed by atoms with Gasteiger partial charge in [-0.25, -0.2) is 9.78 Å². The molecule has 2 N–H and O–H groups in total. The van der Waals surface area contributed by atoms with Crippen LogP contribution in [-0.4, -0.2) is 34.7 Å². The molecule has 1 aromatic carbocycles. The number of aromatic nitrogens is 2. The average molecular weight is 378 g/mol. The molecule has 0 bridgehead atoms. The zero-order valence-corrected chi connectivity index (χ0v) is 14.4. The van der Waals surface area contributed by atoms with Gasteiger partial charge in [-0.1, -0.05) is 12.1 Å². The molecule has 3 rings (SSSR count). The van der Waals surface area contributed by atoms with Gasteiger partial charge in [-0.3, -0.25) is 4.40 Å². The van der Waals surface area contributed by atoms with Crippen molar-refractivity contribution >= 4 is 17.4 Å². The number of benzene rings is 1. The van der Waals surface area contributed by atoms with Crippen molar-refractivity contribution in [1.29, 1.82) is 0 Å². The molecule has 9 heteroatoms. The molecule has 0 atom stereocenters. The lowest BCUT2D eigenvalue weighted by Crippen LogP contribution is -2.36. The lowest BCUT2D eigenvalue weighted by atomic mass is 10.1. The van der Waals surface area contributed by atoms with Crippen molar-refractivity contribution in [2.75, 3.05) is 18.5 Å². The van der Waals surface area contributed by atoms with Crippen LogP contribution in [0.2, 0.25) is 0 Å². The maximum Gasteiger partial charge on any atom is 0.405 e. The van der Waals surface area contributed by atoms with E-state index < -0.39 is 18.8 Å². The van der Waals surface area contributed by atoms with Crippen LogP contribution in [-0.2, 0) is 0 Å². The third-order valence-electron chi connectivity index (χ3n) is 3.66. The second-order valence-electron chi connectivity index (χ2n) is 5.67. The number of hydrogen-bond acceptors (Lipinski definition) is 3. The Morgan fingerprint density at radius 2 is 2.07 bits per heavy atom. The molecule has 0 aliphatic rings. The van der Waals surface area contributed by atoms with Crippen LogP contribution in [0.1, 0.15) is 6.92 Å². The summed E-state index contributed by atoms with van der Waals surface area (Å²) >= 11 is 0. The Hall–Kier alpha value is -3.23. The maximum absolute atomic E-state index is 12.2. The van der Waals surface area contributed by atoms with E-state index in [1.807, 2.05) is 29.7 Å².